The number of carbonyl (C=O) groups is 11. The van der Waals surface area contributed by atoms with Crippen molar-refractivity contribution in [3.05, 3.63) is 131 Å². The molecule has 8 rings (SSSR count). The van der Waals surface area contributed by atoms with Gasteiger partial charge in [0.2, 0.25) is 5.91 Å². The molecule has 4 atom stereocenters. The first-order chi connectivity index (χ1) is 52.9. The van der Waals surface area contributed by atoms with Gasteiger partial charge in [0, 0.05) is 104 Å². The third-order valence-electron chi connectivity index (χ3n) is 18.0. The van der Waals surface area contributed by atoms with Gasteiger partial charge >= 0.3 is 30.3 Å². The molecule has 10 amide bonds. The molecule has 0 unspecified atom stereocenters. The van der Waals surface area contributed by atoms with Crippen LogP contribution in [0.15, 0.2) is 103 Å². The Balaban J connectivity index is 0.866. The van der Waals surface area contributed by atoms with E-state index in [1.807, 2.05) is 19.1 Å². The summed E-state index contributed by atoms with van der Waals surface area (Å²) in [6, 6.07) is 20.4. The molecule has 0 spiro atoms. The molecular formula is C76H95ClN12O21. The van der Waals surface area contributed by atoms with Crippen LogP contribution in [-0.4, -0.2) is 237 Å². The van der Waals surface area contributed by atoms with E-state index in [1.165, 1.54) is 23.0 Å². The monoisotopic (exact) mass is 1550 g/mol. The smallest absolute Gasteiger partial charge is 0.415 e. The van der Waals surface area contributed by atoms with Crippen molar-refractivity contribution in [2.75, 3.05) is 140 Å². The minimum absolute atomic E-state index is 0.00988. The fraction of sp³-hybridized carbons (Fsp3) is 0.447. The average molecular weight is 1550 g/mol. The molecule has 6 aromatic rings. The van der Waals surface area contributed by atoms with Crippen LogP contribution in [0, 0.1) is 18.8 Å². The number of halogens is 1. The first-order valence-electron chi connectivity index (χ1n) is 36.1. The van der Waals surface area contributed by atoms with Crippen LogP contribution in [0.25, 0.3) is 21.7 Å². The number of aliphatic hydroxyl groups is 1. The lowest BCUT2D eigenvalue weighted by Gasteiger charge is -2.26. The Morgan fingerprint density at radius 2 is 1.46 bits per heavy atom. The van der Waals surface area contributed by atoms with Crippen LogP contribution < -0.4 is 47.1 Å². The van der Waals surface area contributed by atoms with Gasteiger partial charge in [0.05, 0.1) is 89.4 Å². The number of nitrogens with one attached hydrogen (secondary N) is 5. The number of Topliss-reactive ketones (excluding diaryl/α,β-unsaturated/α-hetero) is 1. The normalized spacial score (nSPS) is 13.9. The molecule has 110 heavy (non-hydrogen) atoms. The number of anilines is 3. The summed E-state index contributed by atoms with van der Waals surface area (Å²) in [6.45, 7) is 7.44. The maximum atomic E-state index is 14.8. The lowest BCUT2D eigenvalue weighted by atomic mass is 9.89. The van der Waals surface area contributed by atoms with E-state index in [-0.39, 0.29) is 140 Å². The SMILES string of the molecule is Cc1cccc2c(OC(=O)N(CCCC[C@H](N)C(=O)O)CCN(C)C(=O)OCc3ccc(NC(=O)[C@H](CCCNC(N)=O)CC(=O)[C@@H](NC(=O)OCCOCCN4C(=O)C=CC4=O)C(C)C)cc3)cc3c(c12)[C@H](CCl)CN3C(=O)c1cc2cc(NC(=O)c3ccc(OCCOCCOCCOCCO)cc3)ncc2[nH]1. The maximum absolute atomic E-state index is 14.8. The Kier molecular flexibility index (Phi) is 33.0. The lowest BCUT2D eigenvalue weighted by Crippen LogP contribution is -2.46. The van der Waals surface area contributed by atoms with Gasteiger partial charge in [0.25, 0.3) is 23.6 Å². The van der Waals surface area contributed by atoms with Gasteiger partial charge in [-0.15, -0.1) is 11.6 Å². The predicted molar refractivity (Wildman–Crippen MR) is 404 cm³/mol. The number of aromatic nitrogens is 2. The summed E-state index contributed by atoms with van der Waals surface area (Å²) in [7, 11) is 1.48. The fourth-order valence-electron chi connectivity index (χ4n) is 12.1. The van der Waals surface area contributed by atoms with Crippen LogP contribution in [0.3, 0.4) is 0 Å². The first-order valence-corrected chi connectivity index (χ1v) is 36.6. The number of primary amides is 1. The van der Waals surface area contributed by atoms with E-state index < -0.39 is 89.5 Å². The molecule has 33 nitrogen and oxygen atoms in total. The summed E-state index contributed by atoms with van der Waals surface area (Å²) in [4.78, 5) is 156. The van der Waals surface area contributed by atoms with Crippen molar-refractivity contribution in [3.8, 4) is 11.5 Å². The second-order valence-corrected chi connectivity index (χ2v) is 26.6. The number of nitrogens with zero attached hydrogens (tertiary/aromatic N) is 5. The molecule has 0 saturated carbocycles. The van der Waals surface area contributed by atoms with Crippen molar-refractivity contribution < 1.29 is 101 Å². The molecule has 11 N–H and O–H groups in total. The van der Waals surface area contributed by atoms with Crippen molar-refractivity contribution in [1.29, 1.82) is 0 Å². The molecule has 0 radical (unpaired) electrons. The zero-order valence-electron chi connectivity index (χ0n) is 61.8. The van der Waals surface area contributed by atoms with Gasteiger partial charge in [0.1, 0.15) is 48.9 Å². The van der Waals surface area contributed by atoms with Gasteiger partial charge < -0.3 is 101 Å². The zero-order chi connectivity index (χ0) is 79.2. The molecule has 34 heteroatoms. The third kappa shape index (κ3) is 25.1. The number of pyridine rings is 1. The zero-order valence-corrected chi connectivity index (χ0v) is 62.6. The van der Waals surface area contributed by atoms with E-state index in [0.29, 0.717) is 90.4 Å². The molecule has 592 valence electrons. The molecule has 0 fully saturated rings. The number of fused-ring (bicyclic) bond motifs is 4. The molecule has 2 aliphatic rings. The Labute approximate surface area is 639 Å². The summed E-state index contributed by atoms with van der Waals surface area (Å²) >= 11 is 6.71. The number of nitrogens with two attached hydrogens (primary N) is 2. The van der Waals surface area contributed by atoms with E-state index in [1.54, 1.807) is 91.5 Å². The number of hydrogen-bond donors (Lipinski definition) is 9. The standard InChI is InChI=1S/C76H95ClN12O21/c1-47(2)68(85-74(100)108-38-36-103-29-27-88-64(92)21-22-65(88)93)61(91)40-51(10-8-23-80-73(79)99)70(95)82-54-17-13-49(14-18-54)46-109-75(101)86(4)25-26-87(24-6-5-12-57(78)72(97)98)76(102)110-62-42-60-67(66-48(3)9-7-11-56(62)66)53(43-77)45-89(60)71(96)58-39-52-41-63(81-44-59(52)83-58)84-69(94)50-15-19-55(20-16-50)107-37-35-106-34-33-105-32-31-104-30-28-90/h7,9,11,13-22,39,41-42,44,47,51,53,57,68,83,90H,5-6,8,10,12,23-38,40,43,45-46,78H2,1-4H3,(H,82,95)(H,85,100)(H,97,98)(H3,79,80,99)(H,81,84,94)/t51-,53-,57+,68+/m1/s1. The van der Waals surface area contributed by atoms with Gasteiger partial charge in [-0.25, -0.2) is 24.2 Å². The largest absolute Gasteiger partial charge is 0.491 e. The number of alkyl carbamates (subject to hydrolysis) is 1. The number of ether oxygens (including phenoxy) is 8. The number of alkyl halides is 1. The number of carboxylic acids is 1. The summed E-state index contributed by atoms with van der Waals surface area (Å²) in [5.41, 5.74) is 15.1. The van der Waals surface area contributed by atoms with E-state index in [0.717, 1.165) is 33.6 Å². The number of benzene rings is 4. The van der Waals surface area contributed by atoms with E-state index in [2.05, 4.69) is 31.2 Å². The number of aromatic amines is 1. The van der Waals surface area contributed by atoms with Gasteiger partial charge in [0.15, 0.2) is 5.78 Å². The number of imide groups is 1. The summed E-state index contributed by atoms with van der Waals surface area (Å²) in [5, 5.41) is 30.8. The summed E-state index contributed by atoms with van der Waals surface area (Å²) in [6.07, 6.45) is 2.21. The Morgan fingerprint density at radius 1 is 0.773 bits per heavy atom. The van der Waals surface area contributed by atoms with Crippen molar-refractivity contribution in [2.45, 2.75) is 83.9 Å². The Hall–Kier alpha value is -10.8. The van der Waals surface area contributed by atoms with E-state index in [9.17, 15) is 57.8 Å². The number of aryl methyl sites for hydroxylation is 1. The highest BCUT2D eigenvalue weighted by Gasteiger charge is 2.38. The van der Waals surface area contributed by atoms with Gasteiger partial charge in [-0.05, 0) is 116 Å². The number of rotatable bonds is 45. The van der Waals surface area contributed by atoms with Gasteiger partial charge in [-0.1, -0.05) is 44.2 Å². The fourth-order valence-corrected chi connectivity index (χ4v) is 12.4. The van der Waals surface area contributed by atoms with Gasteiger partial charge in [-0.2, -0.15) is 0 Å². The predicted octanol–water partition coefficient (Wildman–Crippen LogP) is 6.99. The topological polar surface area (TPSA) is 444 Å². The number of likely N-dealkylation sites (N-methyl/N-ethyl adjacent to an activating group) is 1. The van der Waals surface area contributed by atoms with Crippen molar-refractivity contribution >= 4 is 116 Å². The number of aliphatic carboxylic acids is 1. The highest BCUT2D eigenvalue weighted by atomic mass is 35.5. The Bertz CT molecular complexity index is 4200. The number of H-pyrrole nitrogens is 1. The highest BCUT2D eigenvalue weighted by molar-refractivity contribution is 6.20. The van der Waals surface area contributed by atoms with Crippen LogP contribution in [0.1, 0.15) is 95.8 Å². The average Bonchev–Trinajstić information content (AvgIpc) is 1.56. The Morgan fingerprint density at radius 3 is 2.15 bits per heavy atom. The number of ketones is 1. The van der Waals surface area contributed by atoms with Crippen molar-refractivity contribution in [1.82, 2.24) is 35.3 Å². The maximum Gasteiger partial charge on any atom is 0.415 e. The molecule has 4 heterocycles. The molecule has 4 aromatic carbocycles. The minimum atomic E-state index is -1.17. The molecule has 0 aliphatic carbocycles. The molecular weight excluding hydrogens is 1450 g/mol. The van der Waals surface area contributed by atoms with Crippen LogP contribution in [-0.2, 0) is 59.0 Å². The van der Waals surface area contributed by atoms with Crippen LogP contribution >= 0.6 is 11.6 Å². The second kappa shape index (κ2) is 42.8. The molecule has 2 aromatic heterocycles. The first kappa shape index (κ1) is 84.8. The number of carboxylic acid groups (broad SMARTS) is 1. The third-order valence-corrected chi connectivity index (χ3v) is 18.3. The van der Waals surface area contributed by atoms with Crippen LogP contribution in [0.4, 0.5) is 36.4 Å². The molecule has 0 saturated heterocycles. The van der Waals surface area contributed by atoms with Crippen LogP contribution in [0.5, 0.6) is 11.5 Å². The van der Waals surface area contributed by atoms with E-state index in [4.69, 9.17) is 66.1 Å². The lowest BCUT2D eigenvalue weighted by molar-refractivity contribution is -0.139. The van der Waals surface area contributed by atoms with Crippen molar-refractivity contribution in [2.24, 2.45) is 23.3 Å². The number of hydrogen-bond acceptors (Lipinski definition) is 22. The number of unbranched alkanes of at least 4 members (excludes halogenated alkanes) is 1. The van der Waals surface area contributed by atoms with Gasteiger partial charge in [-0.3, -0.25) is 38.5 Å². The summed E-state index contributed by atoms with van der Waals surface area (Å²) < 4.78 is 44.4. The summed E-state index contributed by atoms with van der Waals surface area (Å²) in [5.74, 6) is -4.59. The molecule has 2 aliphatic heterocycles. The minimum Gasteiger partial charge on any atom is -0.491 e. The number of amides is 10. The van der Waals surface area contributed by atoms with E-state index >= 15 is 0 Å². The number of urea groups is 1. The number of carbonyl (C=O) groups excluding carboxylic acids is 10. The molecule has 0 bridgehead atoms. The van der Waals surface area contributed by atoms with Crippen LogP contribution in [0.2, 0.25) is 0 Å². The second-order valence-electron chi connectivity index (χ2n) is 26.3. The van der Waals surface area contributed by atoms with Crippen molar-refractivity contribution in [3.63, 3.8) is 0 Å². The number of aliphatic hydroxyl groups excluding tert-OH is 1. The highest BCUT2D eigenvalue weighted by Crippen LogP contribution is 2.47. The quantitative estimate of drug-likeness (QED) is 0.0106.